The SMILES string of the molecule is CCC1C2C1C2(C)C(C)C. The second kappa shape index (κ2) is 1.60. The molecule has 0 heteroatoms. The minimum Gasteiger partial charge on any atom is -0.0651 e. The van der Waals surface area contributed by atoms with Crippen LogP contribution >= 0.6 is 0 Å². The van der Waals surface area contributed by atoms with Crippen LogP contribution in [0, 0.1) is 29.1 Å². The molecule has 0 N–H and O–H groups in total. The summed E-state index contributed by atoms with van der Waals surface area (Å²) in [6.45, 7) is 9.55. The lowest BCUT2D eigenvalue weighted by molar-refractivity contribution is 0.233. The molecule has 0 aromatic carbocycles. The Morgan fingerprint density at radius 1 is 1.30 bits per heavy atom. The Balaban J connectivity index is 1.94. The Morgan fingerprint density at radius 3 is 2.10 bits per heavy atom. The Kier molecular flexibility index (Phi) is 1.07. The van der Waals surface area contributed by atoms with Gasteiger partial charge < -0.3 is 0 Å². The molecule has 2 fully saturated rings. The lowest BCUT2D eigenvalue weighted by atomic mass is 9.80. The van der Waals surface area contributed by atoms with Gasteiger partial charge in [0.2, 0.25) is 0 Å². The number of fused-ring (bicyclic) bond motifs is 1. The highest BCUT2D eigenvalue weighted by atomic mass is 14.8. The average molecular weight is 138 g/mol. The molecule has 0 amide bonds. The third-order valence-corrected chi connectivity index (χ3v) is 4.21. The molecule has 0 heterocycles. The van der Waals surface area contributed by atoms with Crippen LogP contribution in [-0.4, -0.2) is 0 Å². The Bertz CT molecular complexity index is 147. The van der Waals surface area contributed by atoms with Gasteiger partial charge in [0.1, 0.15) is 0 Å². The molecule has 0 aromatic rings. The van der Waals surface area contributed by atoms with Crippen molar-refractivity contribution in [1.82, 2.24) is 0 Å². The fourth-order valence-electron chi connectivity index (χ4n) is 3.06. The number of rotatable bonds is 2. The fourth-order valence-corrected chi connectivity index (χ4v) is 3.06. The predicted octanol–water partition coefficient (Wildman–Crippen LogP) is 2.93. The van der Waals surface area contributed by atoms with E-state index in [0.717, 1.165) is 29.1 Å². The maximum atomic E-state index is 2.47. The number of hydrogen-bond donors (Lipinski definition) is 0. The summed E-state index contributed by atoms with van der Waals surface area (Å²) in [5, 5.41) is 0. The van der Waals surface area contributed by atoms with Crippen LogP contribution in [0.5, 0.6) is 0 Å². The first kappa shape index (κ1) is 6.69. The van der Waals surface area contributed by atoms with Crippen molar-refractivity contribution in [1.29, 1.82) is 0 Å². The van der Waals surface area contributed by atoms with Crippen molar-refractivity contribution in [3.05, 3.63) is 0 Å². The van der Waals surface area contributed by atoms with Crippen molar-refractivity contribution in [3.8, 4) is 0 Å². The first-order valence-corrected chi connectivity index (χ1v) is 4.64. The van der Waals surface area contributed by atoms with E-state index in [1.54, 1.807) is 0 Å². The zero-order valence-corrected chi connectivity index (χ0v) is 7.52. The van der Waals surface area contributed by atoms with Crippen LogP contribution in [0.1, 0.15) is 34.1 Å². The molecule has 0 saturated heterocycles. The standard InChI is InChI=1S/C10H18/c1-5-7-8-9(7)10(8,4)6(2)3/h6-9H,5H2,1-4H3. The molecule has 2 aliphatic rings. The van der Waals surface area contributed by atoms with E-state index >= 15 is 0 Å². The van der Waals surface area contributed by atoms with Crippen molar-refractivity contribution in [2.45, 2.75) is 34.1 Å². The molecular formula is C10H18. The van der Waals surface area contributed by atoms with Crippen molar-refractivity contribution in [2.24, 2.45) is 29.1 Å². The van der Waals surface area contributed by atoms with E-state index in [4.69, 9.17) is 0 Å². The van der Waals surface area contributed by atoms with E-state index in [2.05, 4.69) is 27.7 Å². The monoisotopic (exact) mass is 138 g/mol. The van der Waals surface area contributed by atoms with E-state index in [1.165, 1.54) is 6.42 Å². The van der Waals surface area contributed by atoms with Crippen LogP contribution in [0.3, 0.4) is 0 Å². The minimum absolute atomic E-state index is 0.778. The van der Waals surface area contributed by atoms with Crippen LogP contribution in [0.15, 0.2) is 0 Å². The topological polar surface area (TPSA) is 0 Å². The van der Waals surface area contributed by atoms with E-state index in [-0.39, 0.29) is 0 Å². The third-order valence-electron chi connectivity index (χ3n) is 4.21. The average Bonchev–Trinajstić information content (AvgIpc) is 2.70. The van der Waals surface area contributed by atoms with Gasteiger partial charge in [0, 0.05) is 0 Å². The van der Waals surface area contributed by atoms with Crippen molar-refractivity contribution in [2.75, 3.05) is 0 Å². The van der Waals surface area contributed by atoms with Crippen LogP contribution < -0.4 is 0 Å². The summed E-state index contributed by atoms with van der Waals surface area (Å²) in [6, 6.07) is 0. The summed E-state index contributed by atoms with van der Waals surface area (Å²) in [5.74, 6) is 4.33. The van der Waals surface area contributed by atoms with Gasteiger partial charge in [-0.1, -0.05) is 34.1 Å². The van der Waals surface area contributed by atoms with E-state index in [1.807, 2.05) is 0 Å². The van der Waals surface area contributed by atoms with E-state index in [0.29, 0.717) is 0 Å². The normalized spacial score (nSPS) is 56.7. The molecule has 10 heavy (non-hydrogen) atoms. The first-order chi connectivity index (χ1) is 4.64. The molecule has 0 aromatic heterocycles. The molecule has 2 unspecified atom stereocenters. The van der Waals surface area contributed by atoms with Gasteiger partial charge in [-0.15, -0.1) is 0 Å². The Labute approximate surface area is 64.0 Å². The molecule has 0 aliphatic heterocycles. The van der Waals surface area contributed by atoms with Gasteiger partial charge in [0.25, 0.3) is 0 Å². The Hall–Kier alpha value is 0. The molecule has 2 atom stereocenters. The summed E-state index contributed by atoms with van der Waals surface area (Å²) in [4.78, 5) is 0. The maximum absolute atomic E-state index is 2.47. The lowest BCUT2D eigenvalue weighted by Crippen LogP contribution is -2.19. The summed E-state index contributed by atoms with van der Waals surface area (Å²) < 4.78 is 0. The molecule has 58 valence electrons. The second-order valence-corrected chi connectivity index (χ2v) is 4.64. The smallest absolute Gasteiger partial charge is 0.0235 e. The largest absolute Gasteiger partial charge is 0.0651 e. The van der Waals surface area contributed by atoms with Crippen molar-refractivity contribution < 1.29 is 0 Å². The van der Waals surface area contributed by atoms with Gasteiger partial charge in [0.15, 0.2) is 0 Å². The van der Waals surface area contributed by atoms with Crippen molar-refractivity contribution in [3.63, 3.8) is 0 Å². The highest BCUT2D eigenvalue weighted by Crippen LogP contribution is 2.84. The predicted molar refractivity (Wildman–Crippen MR) is 43.7 cm³/mol. The van der Waals surface area contributed by atoms with Gasteiger partial charge in [-0.2, -0.15) is 0 Å². The fraction of sp³-hybridized carbons (Fsp3) is 1.00. The molecule has 0 radical (unpaired) electrons. The molecule has 2 saturated carbocycles. The third kappa shape index (κ3) is 0.500. The van der Waals surface area contributed by atoms with Crippen LogP contribution in [0.2, 0.25) is 0 Å². The Morgan fingerprint density at radius 2 is 1.80 bits per heavy atom. The van der Waals surface area contributed by atoms with Gasteiger partial charge in [-0.25, -0.2) is 0 Å². The highest BCUT2D eigenvalue weighted by Gasteiger charge is 2.80. The van der Waals surface area contributed by atoms with Gasteiger partial charge in [-0.05, 0) is 29.1 Å². The molecular weight excluding hydrogens is 120 g/mol. The quantitative estimate of drug-likeness (QED) is 0.550. The number of hydrogen-bond acceptors (Lipinski definition) is 0. The molecule has 0 bridgehead atoms. The summed E-state index contributed by atoms with van der Waals surface area (Å²) in [6.07, 6.45) is 1.43. The maximum Gasteiger partial charge on any atom is -0.0235 e. The van der Waals surface area contributed by atoms with E-state index < -0.39 is 0 Å². The van der Waals surface area contributed by atoms with Crippen LogP contribution in [0.4, 0.5) is 0 Å². The summed E-state index contributed by atoms with van der Waals surface area (Å²) in [5.41, 5.74) is 0.778. The van der Waals surface area contributed by atoms with Crippen LogP contribution in [-0.2, 0) is 0 Å². The zero-order chi connectivity index (χ0) is 7.52. The lowest BCUT2D eigenvalue weighted by Gasteiger charge is -2.25. The second-order valence-electron chi connectivity index (χ2n) is 4.64. The van der Waals surface area contributed by atoms with Crippen LogP contribution in [0.25, 0.3) is 0 Å². The molecule has 0 nitrogen and oxygen atoms in total. The van der Waals surface area contributed by atoms with Gasteiger partial charge >= 0.3 is 0 Å². The molecule has 0 spiro atoms. The first-order valence-electron chi connectivity index (χ1n) is 4.64. The molecule has 2 rings (SSSR count). The van der Waals surface area contributed by atoms with Gasteiger partial charge in [-0.3, -0.25) is 0 Å². The molecule has 2 aliphatic carbocycles. The van der Waals surface area contributed by atoms with Gasteiger partial charge in [0.05, 0.1) is 0 Å². The minimum atomic E-state index is 0.778. The zero-order valence-electron chi connectivity index (χ0n) is 7.52. The summed E-state index contributed by atoms with van der Waals surface area (Å²) in [7, 11) is 0. The van der Waals surface area contributed by atoms with E-state index in [9.17, 15) is 0 Å². The van der Waals surface area contributed by atoms with Crippen molar-refractivity contribution >= 4 is 0 Å². The summed E-state index contributed by atoms with van der Waals surface area (Å²) >= 11 is 0. The highest BCUT2D eigenvalue weighted by molar-refractivity contribution is 5.27.